The van der Waals surface area contributed by atoms with Gasteiger partial charge >= 0.3 is 0 Å². The molecule has 1 aliphatic rings. The lowest BCUT2D eigenvalue weighted by molar-refractivity contribution is -0.135. The summed E-state index contributed by atoms with van der Waals surface area (Å²) in [4.78, 5) is 12.6. The van der Waals surface area contributed by atoms with Crippen LogP contribution in [-0.2, 0) is 25.9 Å². The summed E-state index contributed by atoms with van der Waals surface area (Å²) in [5, 5.41) is 2.86. The summed E-state index contributed by atoms with van der Waals surface area (Å²) >= 11 is 0. The number of hydrogen-bond donors (Lipinski definition) is 1. The number of nitrogens with one attached hydrogen (secondary N) is 1. The van der Waals surface area contributed by atoms with Crippen LogP contribution in [0.5, 0.6) is 0 Å². The van der Waals surface area contributed by atoms with E-state index in [0.29, 0.717) is 31.6 Å². The van der Waals surface area contributed by atoms with Gasteiger partial charge in [0.2, 0.25) is 5.91 Å². The predicted molar refractivity (Wildman–Crippen MR) is 79.6 cm³/mol. The fraction of sp³-hybridized carbons (Fsp3) is 0.533. The highest BCUT2D eigenvalue weighted by Crippen LogP contribution is 2.30. The molecule has 0 aromatic heterocycles. The molecule has 1 aliphatic heterocycles. The molecule has 0 bridgehead atoms. The van der Waals surface area contributed by atoms with E-state index in [1.807, 2.05) is 6.92 Å². The van der Waals surface area contributed by atoms with Crippen LogP contribution in [0.2, 0.25) is 0 Å². The Labute approximate surface area is 125 Å². The first-order valence-electron chi connectivity index (χ1n) is 6.97. The summed E-state index contributed by atoms with van der Waals surface area (Å²) in [6.45, 7) is 3.32. The molecule has 1 aromatic rings. The van der Waals surface area contributed by atoms with Gasteiger partial charge in [-0.2, -0.15) is 0 Å². The molecule has 1 fully saturated rings. The quantitative estimate of drug-likeness (QED) is 0.915. The van der Waals surface area contributed by atoms with Crippen molar-refractivity contribution >= 4 is 15.7 Å². The van der Waals surface area contributed by atoms with Gasteiger partial charge < -0.3 is 10.1 Å². The van der Waals surface area contributed by atoms with Crippen LogP contribution < -0.4 is 5.32 Å². The number of rotatable bonds is 4. The number of ether oxygens (including phenoxy) is 1. The van der Waals surface area contributed by atoms with Crippen LogP contribution in [0.15, 0.2) is 29.2 Å². The maximum Gasteiger partial charge on any atom is 0.226 e. The van der Waals surface area contributed by atoms with Gasteiger partial charge in [0.05, 0.1) is 10.3 Å². The molecule has 116 valence electrons. The molecule has 0 radical (unpaired) electrons. The third kappa shape index (κ3) is 3.83. The van der Waals surface area contributed by atoms with Crippen LogP contribution in [-0.4, -0.2) is 33.8 Å². The van der Waals surface area contributed by atoms with Crippen molar-refractivity contribution in [3.63, 3.8) is 0 Å². The first kappa shape index (κ1) is 16.0. The molecule has 2 rings (SSSR count). The van der Waals surface area contributed by atoms with Gasteiger partial charge in [-0.1, -0.05) is 25.1 Å². The van der Waals surface area contributed by atoms with E-state index < -0.39 is 15.3 Å². The van der Waals surface area contributed by atoms with E-state index in [4.69, 9.17) is 4.74 Å². The first-order chi connectivity index (χ1) is 9.83. The second-order valence-corrected chi connectivity index (χ2v) is 7.72. The monoisotopic (exact) mass is 311 g/mol. The molecule has 21 heavy (non-hydrogen) atoms. The third-order valence-electron chi connectivity index (χ3n) is 3.96. The van der Waals surface area contributed by atoms with Crippen molar-refractivity contribution < 1.29 is 17.9 Å². The highest BCUT2D eigenvalue weighted by atomic mass is 32.2. The second-order valence-electron chi connectivity index (χ2n) is 5.74. The van der Waals surface area contributed by atoms with E-state index in [1.54, 1.807) is 24.3 Å². The minimum atomic E-state index is -3.29. The van der Waals surface area contributed by atoms with Crippen molar-refractivity contribution in [2.75, 3.05) is 19.5 Å². The number of sulfone groups is 1. The lowest BCUT2D eigenvalue weighted by Crippen LogP contribution is -2.42. The molecule has 0 saturated carbocycles. The first-order valence-corrected chi connectivity index (χ1v) is 8.86. The highest BCUT2D eigenvalue weighted by Gasteiger charge is 2.34. The average molecular weight is 311 g/mol. The number of carbonyl (C=O) groups excluding carboxylic acids is 1. The Morgan fingerprint density at radius 1 is 1.29 bits per heavy atom. The summed E-state index contributed by atoms with van der Waals surface area (Å²) in [7, 11) is -3.29. The lowest BCUT2D eigenvalue weighted by atomic mass is 9.81. The minimum Gasteiger partial charge on any atom is -0.381 e. The molecular weight excluding hydrogens is 290 g/mol. The Morgan fingerprint density at radius 3 is 2.52 bits per heavy atom. The van der Waals surface area contributed by atoms with Crippen LogP contribution in [0.25, 0.3) is 0 Å². The molecule has 1 heterocycles. The van der Waals surface area contributed by atoms with Crippen molar-refractivity contribution in [2.45, 2.75) is 31.2 Å². The molecule has 0 spiro atoms. The zero-order valence-corrected chi connectivity index (χ0v) is 13.2. The van der Waals surface area contributed by atoms with E-state index in [9.17, 15) is 13.2 Å². The molecule has 1 aromatic carbocycles. The van der Waals surface area contributed by atoms with Gasteiger partial charge in [0.1, 0.15) is 0 Å². The van der Waals surface area contributed by atoms with E-state index in [0.717, 1.165) is 0 Å². The van der Waals surface area contributed by atoms with Crippen LogP contribution in [0, 0.1) is 5.41 Å². The third-order valence-corrected chi connectivity index (χ3v) is 5.15. The molecule has 1 amide bonds. The summed E-state index contributed by atoms with van der Waals surface area (Å²) in [6, 6.07) is 6.74. The van der Waals surface area contributed by atoms with Crippen molar-refractivity contribution in [3.8, 4) is 0 Å². The smallest absolute Gasteiger partial charge is 0.226 e. The van der Waals surface area contributed by atoms with Gasteiger partial charge in [0.15, 0.2) is 9.84 Å². The van der Waals surface area contributed by atoms with Crippen LogP contribution in [0.1, 0.15) is 25.3 Å². The lowest BCUT2D eigenvalue weighted by Gasteiger charge is -2.32. The van der Waals surface area contributed by atoms with E-state index in [-0.39, 0.29) is 17.3 Å². The molecule has 1 N–H and O–H groups in total. The fourth-order valence-electron chi connectivity index (χ4n) is 2.45. The molecule has 0 atom stereocenters. The van der Waals surface area contributed by atoms with Gasteiger partial charge in [-0.3, -0.25) is 4.79 Å². The number of hydrogen-bond acceptors (Lipinski definition) is 4. The molecule has 0 unspecified atom stereocenters. The fourth-order valence-corrected chi connectivity index (χ4v) is 3.39. The summed E-state index contributed by atoms with van der Waals surface area (Å²) in [5.41, 5.74) is 0.183. The van der Waals surface area contributed by atoms with Crippen LogP contribution in [0.4, 0.5) is 0 Å². The minimum absolute atomic E-state index is 0.0471. The van der Waals surface area contributed by atoms with Gasteiger partial charge in [-0.05, 0) is 24.5 Å². The topological polar surface area (TPSA) is 72.5 Å². The van der Waals surface area contributed by atoms with Gasteiger partial charge in [-0.15, -0.1) is 0 Å². The van der Waals surface area contributed by atoms with Gasteiger partial charge in [0, 0.05) is 26.0 Å². The van der Waals surface area contributed by atoms with E-state index in [1.165, 1.54) is 6.26 Å². The van der Waals surface area contributed by atoms with Crippen molar-refractivity contribution in [1.29, 1.82) is 0 Å². The Morgan fingerprint density at radius 2 is 1.90 bits per heavy atom. The van der Waals surface area contributed by atoms with Crippen molar-refractivity contribution in [1.82, 2.24) is 5.32 Å². The molecular formula is C15H21NO4S. The molecule has 0 aliphatic carbocycles. The van der Waals surface area contributed by atoms with Gasteiger partial charge in [0.25, 0.3) is 0 Å². The highest BCUT2D eigenvalue weighted by molar-refractivity contribution is 7.90. The number of carbonyl (C=O) groups is 1. The van der Waals surface area contributed by atoms with Gasteiger partial charge in [-0.25, -0.2) is 8.42 Å². The summed E-state index contributed by atoms with van der Waals surface area (Å²) < 4.78 is 28.8. The average Bonchev–Trinajstić information content (AvgIpc) is 2.45. The predicted octanol–water partition coefficient (Wildman–Crippen LogP) is 1.52. The SMILES string of the molecule is CC1(C(=O)NCc2ccccc2S(C)(=O)=O)CCOCC1. The summed E-state index contributed by atoms with van der Waals surface area (Å²) in [6.07, 6.45) is 2.55. The molecule has 6 heteroatoms. The number of benzene rings is 1. The van der Waals surface area contributed by atoms with Crippen molar-refractivity contribution in [3.05, 3.63) is 29.8 Å². The van der Waals surface area contributed by atoms with Crippen molar-refractivity contribution in [2.24, 2.45) is 5.41 Å². The number of amides is 1. The van der Waals surface area contributed by atoms with E-state index in [2.05, 4.69) is 5.32 Å². The van der Waals surface area contributed by atoms with E-state index >= 15 is 0 Å². The van der Waals surface area contributed by atoms with Crippen LogP contribution in [0.3, 0.4) is 0 Å². The molecule has 1 saturated heterocycles. The Kier molecular flexibility index (Phi) is 4.68. The largest absolute Gasteiger partial charge is 0.381 e. The molecule has 5 nitrogen and oxygen atoms in total. The Bertz CT molecular complexity index is 618. The summed E-state index contributed by atoms with van der Waals surface area (Å²) in [5.74, 6) is -0.0471. The normalized spacial score (nSPS) is 18.2. The maximum absolute atomic E-state index is 12.3. The Hall–Kier alpha value is -1.40. The maximum atomic E-state index is 12.3. The zero-order chi connectivity index (χ0) is 15.5. The zero-order valence-electron chi connectivity index (χ0n) is 12.4. The standard InChI is InChI=1S/C15H21NO4S/c1-15(7-9-20-10-8-15)14(17)16-11-12-5-3-4-6-13(12)21(2,18)19/h3-6H,7-11H2,1-2H3,(H,16,17). The second kappa shape index (κ2) is 6.15. The Balaban J connectivity index is 2.08. The van der Waals surface area contributed by atoms with Crippen LogP contribution >= 0.6 is 0 Å².